The van der Waals surface area contributed by atoms with E-state index < -0.39 is 32.0 Å². The molecular formula is C6H15O6PS. The van der Waals surface area contributed by atoms with Gasteiger partial charge < -0.3 is 29.6 Å². The first-order valence-electron chi connectivity index (χ1n) is 3.92. The van der Waals surface area contributed by atoms with Gasteiger partial charge in [0.15, 0.2) is 0 Å². The highest BCUT2D eigenvalue weighted by Gasteiger charge is 2.28. The van der Waals surface area contributed by atoms with Gasteiger partial charge in [0.1, 0.15) is 0 Å². The van der Waals surface area contributed by atoms with E-state index in [1.165, 1.54) is 0 Å². The Hall–Kier alpha value is 0.410. The van der Waals surface area contributed by atoms with Crippen LogP contribution in [0.3, 0.4) is 0 Å². The van der Waals surface area contributed by atoms with Crippen LogP contribution in [0.1, 0.15) is 6.42 Å². The van der Waals surface area contributed by atoms with E-state index in [2.05, 4.69) is 16.3 Å². The Morgan fingerprint density at radius 1 is 1.07 bits per heavy atom. The predicted molar refractivity (Wildman–Crippen MR) is 53.0 cm³/mol. The van der Waals surface area contributed by atoms with E-state index in [0.29, 0.717) is 0 Å². The van der Waals surface area contributed by atoms with Crippen molar-refractivity contribution in [2.45, 2.75) is 6.42 Å². The van der Waals surface area contributed by atoms with E-state index in [1.807, 2.05) is 0 Å². The molecule has 0 aliphatic rings. The summed E-state index contributed by atoms with van der Waals surface area (Å²) < 4.78 is 4.49. The molecule has 0 rings (SSSR count). The lowest BCUT2D eigenvalue weighted by atomic mass is 9.88. The minimum Gasteiger partial charge on any atom is -0.396 e. The fourth-order valence-electron chi connectivity index (χ4n) is 0.768. The Bertz CT molecular complexity index is 192. The smallest absolute Gasteiger partial charge is 0.321 e. The summed E-state index contributed by atoms with van der Waals surface area (Å²) in [6, 6.07) is 0. The van der Waals surface area contributed by atoms with Crippen LogP contribution in [0, 0.1) is 5.41 Å². The van der Waals surface area contributed by atoms with Crippen molar-refractivity contribution < 1.29 is 29.6 Å². The monoisotopic (exact) mass is 246 g/mol. The van der Waals surface area contributed by atoms with Crippen LogP contribution < -0.4 is 0 Å². The summed E-state index contributed by atoms with van der Waals surface area (Å²) in [6.07, 6.45) is 0.0933. The molecule has 0 bridgehead atoms. The number of rotatable bonds is 7. The van der Waals surface area contributed by atoms with E-state index in [9.17, 15) is 0 Å². The molecule has 0 unspecified atom stereocenters. The zero-order chi connectivity index (χ0) is 11.2. The predicted octanol–water partition coefficient (Wildman–Crippen LogP) is -1.43. The molecule has 0 aliphatic heterocycles. The van der Waals surface area contributed by atoms with Crippen molar-refractivity contribution in [3.8, 4) is 0 Å². The van der Waals surface area contributed by atoms with Gasteiger partial charge in [-0.25, -0.2) is 0 Å². The molecule has 0 aromatic carbocycles. The van der Waals surface area contributed by atoms with Crippen LogP contribution in [-0.2, 0) is 16.3 Å². The highest BCUT2D eigenvalue weighted by molar-refractivity contribution is 8.06. The van der Waals surface area contributed by atoms with E-state index in [1.54, 1.807) is 0 Å². The molecule has 86 valence electrons. The van der Waals surface area contributed by atoms with Crippen molar-refractivity contribution in [1.29, 1.82) is 0 Å². The van der Waals surface area contributed by atoms with Gasteiger partial charge in [-0.1, -0.05) is 0 Å². The molecule has 0 saturated heterocycles. The normalized spacial score (nSPS) is 13.2. The summed E-state index contributed by atoms with van der Waals surface area (Å²) in [5, 5.41) is 26.7. The maximum Gasteiger partial charge on any atom is 0.321 e. The molecule has 0 atom stereocenters. The van der Waals surface area contributed by atoms with Gasteiger partial charge in [-0.05, 0) is 18.2 Å². The fourth-order valence-corrected chi connectivity index (χ4v) is 1.32. The van der Waals surface area contributed by atoms with Crippen LogP contribution in [0.2, 0.25) is 0 Å². The summed E-state index contributed by atoms with van der Waals surface area (Å²) in [4.78, 5) is 17.4. The molecule has 6 nitrogen and oxygen atoms in total. The SMILES string of the molecule is OCC(CO)(CO)CCOP(O)(O)=S. The number of hydrogen-bond acceptors (Lipinski definition) is 5. The molecular weight excluding hydrogens is 231 g/mol. The lowest BCUT2D eigenvalue weighted by molar-refractivity contribution is -0.00982. The molecule has 0 aromatic rings. The molecule has 14 heavy (non-hydrogen) atoms. The zero-order valence-corrected chi connectivity index (χ0v) is 9.25. The Morgan fingerprint density at radius 2 is 1.50 bits per heavy atom. The zero-order valence-electron chi connectivity index (χ0n) is 7.54. The van der Waals surface area contributed by atoms with Gasteiger partial charge in [0.25, 0.3) is 0 Å². The Balaban J connectivity index is 4.01. The molecule has 0 aromatic heterocycles. The lowest BCUT2D eigenvalue weighted by Gasteiger charge is -2.27. The fraction of sp³-hybridized carbons (Fsp3) is 1.00. The van der Waals surface area contributed by atoms with Crippen LogP contribution in [0.15, 0.2) is 0 Å². The summed E-state index contributed by atoms with van der Waals surface area (Å²) in [6.45, 7) is -5.07. The van der Waals surface area contributed by atoms with Gasteiger partial charge in [-0.2, -0.15) is 0 Å². The van der Waals surface area contributed by atoms with Crippen molar-refractivity contribution in [3.63, 3.8) is 0 Å². The average molecular weight is 246 g/mol. The number of aliphatic hydroxyl groups excluding tert-OH is 3. The molecule has 0 fully saturated rings. The second-order valence-electron chi connectivity index (χ2n) is 3.05. The first-order chi connectivity index (χ1) is 6.39. The quantitative estimate of drug-likeness (QED) is 0.350. The van der Waals surface area contributed by atoms with Gasteiger partial charge >= 0.3 is 6.72 Å². The second-order valence-corrected chi connectivity index (χ2v) is 5.71. The minimum atomic E-state index is -3.69. The van der Waals surface area contributed by atoms with Crippen molar-refractivity contribution in [2.75, 3.05) is 26.4 Å². The van der Waals surface area contributed by atoms with Gasteiger partial charge in [0.2, 0.25) is 0 Å². The first kappa shape index (κ1) is 14.4. The maximum absolute atomic E-state index is 8.89. The largest absolute Gasteiger partial charge is 0.396 e. The summed E-state index contributed by atoms with van der Waals surface area (Å²) in [7, 11) is 0. The van der Waals surface area contributed by atoms with Crippen LogP contribution >= 0.6 is 6.72 Å². The molecule has 0 aliphatic carbocycles. The molecule has 0 saturated carbocycles. The average Bonchev–Trinajstić information content (AvgIpc) is 2.11. The van der Waals surface area contributed by atoms with Gasteiger partial charge in [-0.3, -0.25) is 0 Å². The van der Waals surface area contributed by atoms with Crippen LogP contribution in [0.4, 0.5) is 0 Å². The Labute approximate surface area is 87.0 Å². The van der Waals surface area contributed by atoms with Gasteiger partial charge in [-0.15, -0.1) is 0 Å². The molecule has 0 radical (unpaired) electrons. The lowest BCUT2D eigenvalue weighted by Crippen LogP contribution is -2.35. The minimum absolute atomic E-state index is 0.0933. The highest BCUT2D eigenvalue weighted by atomic mass is 32.5. The second kappa shape index (κ2) is 6.09. The standard InChI is InChI=1S/C6H15O6PS/c7-3-6(4-8,5-9)1-2-12-13(10,11)14/h7-9H,1-5H2,(H2,10,11,14). The van der Waals surface area contributed by atoms with Gasteiger partial charge in [0, 0.05) is 5.41 Å². The van der Waals surface area contributed by atoms with Crippen molar-refractivity contribution in [1.82, 2.24) is 0 Å². The Morgan fingerprint density at radius 3 is 1.79 bits per heavy atom. The van der Waals surface area contributed by atoms with E-state index in [-0.39, 0.29) is 13.0 Å². The third-order valence-electron chi connectivity index (χ3n) is 1.90. The third kappa shape index (κ3) is 5.33. The highest BCUT2D eigenvalue weighted by Crippen LogP contribution is 2.37. The maximum atomic E-state index is 8.89. The number of hydrogen-bond donors (Lipinski definition) is 5. The first-order valence-corrected chi connectivity index (χ1v) is 6.54. The van der Waals surface area contributed by atoms with Crippen molar-refractivity contribution >= 4 is 18.5 Å². The Kier molecular flexibility index (Phi) is 6.27. The van der Waals surface area contributed by atoms with Crippen LogP contribution in [0.5, 0.6) is 0 Å². The van der Waals surface area contributed by atoms with Gasteiger partial charge in [0.05, 0.1) is 26.4 Å². The molecule has 0 spiro atoms. The number of aliphatic hydroxyl groups is 3. The molecule has 8 heteroatoms. The van der Waals surface area contributed by atoms with Crippen molar-refractivity contribution in [3.05, 3.63) is 0 Å². The van der Waals surface area contributed by atoms with Crippen molar-refractivity contribution in [2.24, 2.45) is 5.41 Å². The molecule has 5 N–H and O–H groups in total. The third-order valence-corrected chi connectivity index (χ3v) is 2.73. The van der Waals surface area contributed by atoms with E-state index in [0.717, 1.165) is 0 Å². The summed E-state index contributed by atoms with van der Waals surface area (Å²) >= 11 is 4.19. The van der Waals surface area contributed by atoms with E-state index in [4.69, 9.17) is 25.1 Å². The summed E-state index contributed by atoms with van der Waals surface area (Å²) in [5.41, 5.74) is -1.06. The van der Waals surface area contributed by atoms with Crippen LogP contribution in [-0.4, -0.2) is 51.5 Å². The summed E-state index contributed by atoms with van der Waals surface area (Å²) in [5.74, 6) is 0. The van der Waals surface area contributed by atoms with Crippen LogP contribution in [0.25, 0.3) is 0 Å². The topological polar surface area (TPSA) is 110 Å². The molecule has 0 amide bonds. The van der Waals surface area contributed by atoms with E-state index >= 15 is 0 Å². The molecule has 0 heterocycles.